The van der Waals surface area contributed by atoms with Gasteiger partial charge in [0.25, 0.3) is 0 Å². The second-order valence-electron chi connectivity index (χ2n) is 7.11. The highest BCUT2D eigenvalue weighted by molar-refractivity contribution is 8.00. The van der Waals surface area contributed by atoms with E-state index in [2.05, 4.69) is 10.2 Å². The second-order valence-corrected chi connectivity index (χ2v) is 9.14. The van der Waals surface area contributed by atoms with E-state index in [1.165, 1.54) is 11.8 Å². The number of amides is 1. The zero-order valence-electron chi connectivity index (χ0n) is 17.3. The maximum Gasteiger partial charge on any atom is 0.242 e. The molecule has 0 spiro atoms. The lowest BCUT2D eigenvalue weighted by Crippen LogP contribution is -2.30. The van der Waals surface area contributed by atoms with E-state index in [1.807, 2.05) is 95.4 Å². The third-order valence-electron chi connectivity index (χ3n) is 5.04. The molecule has 1 aliphatic rings. The predicted molar refractivity (Wildman–Crippen MR) is 127 cm³/mol. The molecule has 1 amide bonds. The van der Waals surface area contributed by atoms with Gasteiger partial charge in [-0.1, -0.05) is 66.0 Å². The van der Waals surface area contributed by atoms with Crippen molar-refractivity contribution in [1.82, 2.24) is 14.8 Å². The zero-order valence-corrected chi connectivity index (χ0v) is 19.0. The summed E-state index contributed by atoms with van der Waals surface area (Å²) in [5.41, 5.74) is 1.83. The van der Waals surface area contributed by atoms with Crippen LogP contribution in [-0.4, -0.2) is 26.4 Å². The smallest absolute Gasteiger partial charge is 0.242 e. The Morgan fingerprint density at radius 2 is 1.53 bits per heavy atom. The summed E-state index contributed by atoms with van der Waals surface area (Å²) in [5.74, 6) is 1.73. The highest BCUT2D eigenvalue weighted by Gasteiger charge is 2.28. The third-order valence-corrected chi connectivity index (χ3v) is 7.18. The van der Waals surface area contributed by atoms with Gasteiger partial charge in [-0.3, -0.25) is 9.69 Å². The van der Waals surface area contributed by atoms with Crippen molar-refractivity contribution in [3.8, 4) is 5.75 Å². The molecule has 160 valence electrons. The molecule has 0 aliphatic carbocycles. The second kappa shape index (κ2) is 9.10. The maximum atomic E-state index is 13.3. The molecule has 0 fully saturated rings. The lowest BCUT2D eigenvalue weighted by molar-refractivity contribution is -0.115. The molecule has 6 nitrogen and oxygen atoms in total. The first-order valence-corrected chi connectivity index (χ1v) is 11.9. The number of carbonyl (C=O) groups is 1. The van der Waals surface area contributed by atoms with Crippen molar-refractivity contribution in [2.75, 3.05) is 10.7 Å². The van der Waals surface area contributed by atoms with Crippen LogP contribution in [0.5, 0.6) is 5.75 Å². The van der Waals surface area contributed by atoms with Crippen LogP contribution in [0.1, 0.15) is 5.82 Å². The van der Waals surface area contributed by atoms with E-state index in [9.17, 15) is 4.79 Å². The summed E-state index contributed by atoms with van der Waals surface area (Å²) < 4.78 is 7.64. The van der Waals surface area contributed by atoms with Crippen molar-refractivity contribution in [1.29, 1.82) is 0 Å². The standard InChI is InChI=1S/C24H20N4O2S2/c1-27-22(15-30-17-9-3-2-4-10-17)25-26-24(27)31-16-23(29)28-18-11-5-7-13-20(18)32-21-14-8-6-12-19(21)28/h2-14H,15-16H2,1H3. The van der Waals surface area contributed by atoms with Gasteiger partial charge in [0.05, 0.1) is 17.1 Å². The Bertz CT molecular complexity index is 1210. The Morgan fingerprint density at radius 3 is 2.22 bits per heavy atom. The van der Waals surface area contributed by atoms with Crippen LogP contribution in [0.2, 0.25) is 0 Å². The average molecular weight is 461 g/mol. The fourth-order valence-corrected chi connectivity index (χ4v) is 5.26. The fraction of sp³-hybridized carbons (Fsp3) is 0.125. The van der Waals surface area contributed by atoms with Crippen molar-refractivity contribution < 1.29 is 9.53 Å². The normalized spacial score (nSPS) is 12.2. The summed E-state index contributed by atoms with van der Waals surface area (Å²) in [6, 6.07) is 25.6. The number of para-hydroxylation sites is 3. The van der Waals surface area contributed by atoms with E-state index in [0.29, 0.717) is 17.6 Å². The van der Waals surface area contributed by atoms with E-state index in [4.69, 9.17) is 4.74 Å². The zero-order chi connectivity index (χ0) is 21.9. The van der Waals surface area contributed by atoms with Crippen LogP contribution in [0.3, 0.4) is 0 Å². The molecule has 0 unspecified atom stereocenters. The topological polar surface area (TPSA) is 60.2 Å². The number of hydrogen-bond acceptors (Lipinski definition) is 6. The van der Waals surface area contributed by atoms with Gasteiger partial charge in [0.2, 0.25) is 5.91 Å². The van der Waals surface area contributed by atoms with Gasteiger partial charge in [-0.2, -0.15) is 0 Å². The summed E-state index contributed by atoms with van der Waals surface area (Å²) in [4.78, 5) is 17.3. The van der Waals surface area contributed by atoms with Crippen LogP contribution >= 0.6 is 23.5 Å². The first-order valence-electron chi connectivity index (χ1n) is 10.1. The minimum atomic E-state index is 0.000264. The van der Waals surface area contributed by atoms with Crippen LogP contribution in [0.15, 0.2) is 93.8 Å². The summed E-state index contributed by atoms with van der Waals surface area (Å²) in [6.07, 6.45) is 0. The van der Waals surface area contributed by atoms with Gasteiger partial charge in [0.15, 0.2) is 11.0 Å². The van der Waals surface area contributed by atoms with Crippen molar-refractivity contribution in [3.63, 3.8) is 0 Å². The van der Waals surface area contributed by atoms with Crippen molar-refractivity contribution in [3.05, 3.63) is 84.7 Å². The Labute approximate surface area is 194 Å². The molecule has 2 heterocycles. The van der Waals surface area contributed by atoms with Crippen molar-refractivity contribution >= 4 is 40.8 Å². The highest BCUT2D eigenvalue weighted by Crippen LogP contribution is 2.48. The molecule has 0 radical (unpaired) electrons. The summed E-state index contributed by atoms with van der Waals surface area (Å²) >= 11 is 3.06. The summed E-state index contributed by atoms with van der Waals surface area (Å²) in [7, 11) is 1.89. The van der Waals surface area contributed by atoms with E-state index in [-0.39, 0.29) is 11.7 Å². The molecule has 0 saturated carbocycles. The summed E-state index contributed by atoms with van der Waals surface area (Å²) in [5, 5.41) is 9.17. The van der Waals surface area contributed by atoms with Gasteiger partial charge < -0.3 is 9.30 Å². The molecule has 5 rings (SSSR count). The van der Waals surface area contributed by atoms with E-state index in [1.54, 1.807) is 11.8 Å². The molecule has 8 heteroatoms. The number of anilines is 2. The minimum absolute atomic E-state index is 0.000264. The van der Waals surface area contributed by atoms with Gasteiger partial charge in [-0.25, -0.2) is 0 Å². The van der Waals surface area contributed by atoms with Crippen LogP contribution < -0.4 is 9.64 Å². The van der Waals surface area contributed by atoms with Crippen molar-refractivity contribution in [2.45, 2.75) is 21.6 Å². The monoisotopic (exact) mass is 460 g/mol. The Balaban J connectivity index is 1.30. The predicted octanol–water partition coefficient (Wildman–Crippen LogP) is 5.32. The lowest BCUT2D eigenvalue weighted by Gasteiger charge is -2.30. The molecule has 0 N–H and O–H groups in total. The number of hydrogen-bond donors (Lipinski definition) is 0. The molecule has 1 aliphatic heterocycles. The number of nitrogens with zero attached hydrogens (tertiary/aromatic N) is 4. The molecular formula is C24H20N4O2S2. The van der Waals surface area contributed by atoms with Gasteiger partial charge >= 0.3 is 0 Å². The number of thioether (sulfide) groups is 1. The Hall–Kier alpha value is -3.23. The first-order chi connectivity index (χ1) is 15.7. The number of aromatic nitrogens is 3. The Kier molecular flexibility index (Phi) is 5.87. The quantitative estimate of drug-likeness (QED) is 0.363. The third kappa shape index (κ3) is 4.11. The molecule has 0 bridgehead atoms. The van der Waals surface area contributed by atoms with Gasteiger partial charge in [-0.05, 0) is 36.4 Å². The lowest BCUT2D eigenvalue weighted by atomic mass is 10.2. The highest BCUT2D eigenvalue weighted by atomic mass is 32.2. The molecule has 4 aromatic rings. The number of benzene rings is 3. The minimum Gasteiger partial charge on any atom is -0.486 e. The maximum absolute atomic E-state index is 13.3. The largest absolute Gasteiger partial charge is 0.486 e. The molecule has 1 aromatic heterocycles. The van der Waals surface area contributed by atoms with Crippen LogP contribution in [0.4, 0.5) is 11.4 Å². The number of fused-ring (bicyclic) bond motifs is 2. The van der Waals surface area contributed by atoms with E-state index < -0.39 is 0 Å². The average Bonchev–Trinajstić information content (AvgIpc) is 3.19. The summed E-state index contributed by atoms with van der Waals surface area (Å²) in [6.45, 7) is 0.312. The van der Waals surface area contributed by atoms with Crippen LogP contribution in [0.25, 0.3) is 0 Å². The first kappa shape index (κ1) is 20.7. The molecule has 3 aromatic carbocycles. The van der Waals surface area contributed by atoms with E-state index >= 15 is 0 Å². The van der Waals surface area contributed by atoms with Gasteiger partial charge in [-0.15, -0.1) is 10.2 Å². The Morgan fingerprint density at radius 1 is 0.906 bits per heavy atom. The van der Waals surface area contributed by atoms with Gasteiger partial charge in [0, 0.05) is 16.8 Å². The molecular weight excluding hydrogens is 440 g/mol. The molecule has 0 atom stereocenters. The van der Waals surface area contributed by atoms with Crippen molar-refractivity contribution in [2.24, 2.45) is 7.05 Å². The van der Waals surface area contributed by atoms with Crippen LogP contribution in [-0.2, 0) is 18.4 Å². The number of ether oxygens (including phenoxy) is 1. The van der Waals surface area contributed by atoms with E-state index in [0.717, 1.165) is 26.9 Å². The SMILES string of the molecule is Cn1c(COc2ccccc2)nnc1SCC(=O)N1c2ccccc2Sc2ccccc21. The molecule has 0 saturated heterocycles. The van der Waals surface area contributed by atoms with Gasteiger partial charge in [0.1, 0.15) is 12.4 Å². The van der Waals surface area contributed by atoms with Crippen LogP contribution in [0, 0.1) is 0 Å². The molecule has 32 heavy (non-hydrogen) atoms. The number of carbonyl (C=O) groups excluding carboxylic acids is 1. The number of rotatable bonds is 6. The fourth-order valence-electron chi connectivity index (χ4n) is 3.43.